The maximum Gasteiger partial charge on any atom is 0.255 e. The van der Waals surface area contributed by atoms with Gasteiger partial charge in [0.25, 0.3) is 5.91 Å². The van der Waals surface area contributed by atoms with Crippen molar-refractivity contribution in [3.05, 3.63) is 89.7 Å². The fourth-order valence-corrected chi connectivity index (χ4v) is 2.26. The van der Waals surface area contributed by atoms with E-state index in [4.69, 9.17) is 4.74 Å². The van der Waals surface area contributed by atoms with Gasteiger partial charge in [0.05, 0.1) is 0 Å². The number of nitrogens with one attached hydrogen (secondary N) is 1. The van der Waals surface area contributed by atoms with E-state index in [2.05, 4.69) is 5.32 Å². The van der Waals surface area contributed by atoms with Crippen LogP contribution in [-0.2, 0) is 0 Å². The molecule has 3 nitrogen and oxygen atoms in total. The van der Waals surface area contributed by atoms with E-state index in [0.717, 1.165) is 11.3 Å². The van der Waals surface area contributed by atoms with Gasteiger partial charge in [-0.3, -0.25) is 4.79 Å². The molecule has 0 aliphatic carbocycles. The number of aryl methyl sites for hydroxylation is 1. The van der Waals surface area contributed by atoms with Gasteiger partial charge < -0.3 is 10.1 Å². The quantitative estimate of drug-likeness (QED) is 0.719. The molecule has 0 heterocycles. The fraction of sp³-hybridized carbons (Fsp3) is 0.0500. The lowest BCUT2D eigenvalue weighted by Crippen LogP contribution is -2.11. The first-order valence-electron chi connectivity index (χ1n) is 7.52. The van der Waals surface area contributed by atoms with Gasteiger partial charge in [-0.05, 0) is 67.1 Å². The number of carbonyl (C=O) groups excluding carboxylic acids is 1. The predicted molar refractivity (Wildman–Crippen MR) is 92.0 cm³/mol. The molecule has 1 N–H and O–H groups in total. The normalized spacial score (nSPS) is 10.2. The number of amides is 1. The number of hydrogen-bond donors (Lipinski definition) is 1. The SMILES string of the molecule is Cc1cccc(Oc2ccc(C(=O)Nc3cccc(F)c3)cc2)c1. The molecule has 0 saturated carbocycles. The molecular weight excluding hydrogens is 305 g/mol. The lowest BCUT2D eigenvalue weighted by Gasteiger charge is -2.08. The monoisotopic (exact) mass is 321 g/mol. The van der Waals surface area contributed by atoms with Gasteiger partial charge in [0, 0.05) is 11.3 Å². The van der Waals surface area contributed by atoms with Crippen LogP contribution >= 0.6 is 0 Å². The van der Waals surface area contributed by atoms with Crippen LogP contribution in [0.4, 0.5) is 10.1 Å². The maximum atomic E-state index is 13.1. The Bertz CT molecular complexity index is 860. The van der Waals surface area contributed by atoms with Gasteiger partial charge in [0.2, 0.25) is 0 Å². The molecule has 0 saturated heterocycles. The number of ether oxygens (including phenoxy) is 1. The van der Waals surface area contributed by atoms with Crippen LogP contribution in [-0.4, -0.2) is 5.91 Å². The zero-order valence-corrected chi connectivity index (χ0v) is 13.1. The van der Waals surface area contributed by atoms with Crippen molar-refractivity contribution in [3.63, 3.8) is 0 Å². The number of rotatable bonds is 4. The highest BCUT2D eigenvalue weighted by molar-refractivity contribution is 6.04. The van der Waals surface area contributed by atoms with E-state index < -0.39 is 5.82 Å². The Morgan fingerprint density at radius 2 is 1.67 bits per heavy atom. The predicted octanol–water partition coefficient (Wildman–Crippen LogP) is 5.18. The third kappa shape index (κ3) is 3.98. The van der Waals surface area contributed by atoms with Crippen LogP contribution in [0.25, 0.3) is 0 Å². The van der Waals surface area contributed by atoms with Crippen molar-refractivity contribution in [3.8, 4) is 11.5 Å². The second-order valence-corrected chi connectivity index (χ2v) is 5.41. The summed E-state index contributed by atoms with van der Waals surface area (Å²) in [4.78, 5) is 12.2. The summed E-state index contributed by atoms with van der Waals surface area (Å²) in [7, 11) is 0. The maximum absolute atomic E-state index is 13.1. The van der Waals surface area contributed by atoms with Crippen molar-refractivity contribution in [2.75, 3.05) is 5.32 Å². The van der Waals surface area contributed by atoms with Gasteiger partial charge in [0.15, 0.2) is 0 Å². The largest absolute Gasteiger partial charge is 0.457 e. The Kier molecular flexibility index (Phi) is 4.57. The molecule has 3 aromatic rings. The summed E-state index contributed by atoms with van der Waals surface area (Å²) in [5.74, 6) is 0.687. The Morgan fingerprint density at radius 1 is 0.917 bits per heavy atom. The van der Waals surface area contributed by atoms with Crippen LogP contribution in [0.3, 0.4) is 0 Å². The third-order valence-electron chi connectivity index (χ3n) is 3.42. The molecule has 0 aliphatic heterocycles. The van der Waals surface area contributed by atoms with Gasteiger partial charge in [-0.25, -0.2) is 4.39 Å². The first kappa shape index (κ1) is 15.7. The number of halogens is 1. The van der Waals surface area contributed by atoms with Crippen LogP contribution in [0.2, 0.25) is 0 Å². The summed E-state index contributed by atoms with van der Waals surface area (Å²) in [6.45, 7) is 1.99. The molecule has 0 spiro atoms. The Balaban J connectivity index is 1.68. The van der Waals surface area contributed by atoms with E-state index in [1.54, 1.807) is 36.4 Å². The standard InChI is InChI=1S/C20H16FNO2/c1-14-4-2-7-19(12-14)24-18-10-8-15(9-11-18)20(23)22-17-6-3-5-16(21)13-17/h2-13H,1H3,(H,22,23). The molecule has 3 aromatic carbocycles. The van der Waals surface area contributed by atoms with E-state index in [0.29, 0.717) is 17.0 Å². The minimum absolute atomic E-state index is 0.303. The summed E-state index contributed by atoms with van der Waals surface area (Å²) in [6.07, 6.45) is 0. The van der Waals surface area contributed by atoms with Gasteiger partial charge in [-0.2, -0.15) is 0 Å². The zero-order valence-electron chi connectivity index (χ0n) is 13.1. The highest BCUT2D eigenvalue weighted by Gasteiger charge is 2.07. The molecular formula is C20H16FNO2. The summed E-state index contributed by atoms with van der Waals surface area (Å²) in [5, 5.41) is 2.66. The molecule has 0 radical (unpaired) electrons. The Labute approximate surface area is 139 Å². The van der Waals surface area contributed by atoms with Gasteiger partial charge in [-0.15, -0.1) is 0 Å². The van der Waals surface area contributed by atoms with E-state index in [1.165, 1.54) is 12.1 Å². The topological polar surface area (TPSA) is 38.3 Å². The fourth-order valence-electron chi connectivity index (χ4n) is 2.26. The van der Waals surface area contributed by atoms with Gasteiger partial charge >= 0.3 is 0 Å². The van der Waals surface area contributed by atoms with Crippen LogP contribution in [0.5, 0.6) is 11.5 Å². The van der Waals surface area contributed by atoms with Crippen LogP contribution in [0, 0.1) is 12.7 Å². The zero-order chi connectivity index (χ0) is 16.9. The van der Waals surface area contributed by atoms with Crippen molar-refractivity contribution in [1.82, 2.24) is 0 Å². The third-order valence-corrected chi connectivity index (χ3v) is 3.42. The number of carbonyl (C=O) groups is 1. The number of hydrogen-bond acceptors (Lipinski definition) is 2. The van der Waals surface area contributed by atoms with Crippen molar-refractivity contribution in [1.29, 1.82) is 0 Å². The van der Waals surface area contributed by atoms with Crippen LogP contribution < -0.4 is 10.1 Å². The van der Waals surface area contributed by atoms with Crippen molar-refractivity contribution in [2.45, 2.75) is 6.92 Å². The smallest absolute Gasteiger partial charge is 0.255 e. The van der Waals surface area contributed by atoms with Gasteiger partial charge in [0.1, 0.15) is 17.3 Å². The molecule has 0 atom stereocenters. The molecule has 0 aromatic heterocycles. The van der Waals surface area contributed by atoms with Crippen molar-refractivity contribution < 1.29 is 13.9 Å². The summed E-state index contributed by atoms with van der Waals surface area (Å²) < 4.78 is 18.9. The van der Waals surface area contributed by atoms with E-state index in [-0.39, 0.29) is 5.91 Å². The van der Waals surface area contributed by atoms with Crippen LogP contribution in [0.1, 0.15) is 15.9 Å². The highest BCUT2D eigenvalue weighted by Crippen LogP contribution is 2.22. The molecule has 0 bridgehead atoms. The average Bonchev–Trinajstić information content (AvgIpc) is 2.55. The van der Waals surface area contributed by atoms with Crippen LogP contribution in [0.15, 0.2) is 72.8 Å². The lowest BCUT2D eigenvalue weighted by molar-refractivity contribution is 0.102. The first-order chi connectivity index (χ1) is 11.6. The van der Waals surface area contributed by atoms with E-state index >= 15 is 0 Å². The van der Waals surface area contributed by atoms with E-state index in [9.17, 15) is 9.18 Å². The molecule has 120 valence electrons. The van der Waals surface area contributed by atoms with Gasteiger partial charge in [-0.1, -0.05) is 18.2 Å². The summed E-state index contributed by atoms with van der Waals surface area (Å²) in [6, 6.07) is 20.3. The molecule has 0 fully saturated rings. The molecule has 24 heavy (non-hydrogen) atoms. The highest BCUT2D eigenvalue weighted by atomic mass is 19.1. The second-order valence-electron chi connectivity index (χ2n) is 5.41. The average molecular weight is 321 g/mol. The number of anilines is 1. The molecule has 0 aliphatic rings. The Morgan fingerprint density at radius 3 is 2.38 bits per heavy atom. The van der Waals surface area contributed by atoms with Crippen molar-refractivity contribution >= 4 is 11.6 Å². The Hall–Kier alpha value is -3.14. The summed E-state index contributed by atoms with van der Waals surface area (Å²) >= 11 is 0. The minimum Gasteiger partial charge on any atom is -0.457 e. The van der Waals surface area contributed by atoms with Crippen molar-refractivity contribution in [2.24, 2.45) is 0 Å². The van der Waals surface area contributed by atoms with E-state index in [1.807, 2.05) is 31.2 Å². The second kappa shape index (κ2) is 6.96. The molecule has 3 rings (SSSR count). The molecule has 1 amide bonds. The first-order valence-corrected chi connectivity index (χ1v) is 7.52. The minimum atomic E-state index is -0.394. The lowest BCUT2D eigenvalue weighted by atomic mass is 10.2. The summed E-state index contributed by atoms with van der Waals surface area (Å²) in [5.41, 5.74) is 1.99. The molecule has 4 heteroatoms. The number of benzene rings is 3. The molecule has 0 unspecified atom stereocenters.